The topological polar surface area (TPSA) is 81.1 Å². The molecule has 0 unspecified atom stereocenters. The van der Waals surface area contributed by atoms with Gasteiger partial charge in [-0.25, -0.2) is 18.1 Å². The van der Waals surface area contributed by atoms with Gasteiger partial charge < -0.3 is 4.57 Å². The summed E-state index contributed by atoms with van der Waals surface area (Å²) < 4.78 is 66.0. The van der Waals surface area contributed by atoms with Gasteiger partial charge in [-0.15, -0.1) is 0 Å². The summed E-state index contributed by atoms with van der Waals surface area (Å²) in [5, 5.41) is 0. The molecule has 10 heteroatoms. The highest BCUT2D eigenvalue weighted by Crippen LogP contribution is 2.29. The lowest BCUT2D eigenvalue weighted by Gasteiger charge is -2.09. The van der Waals surface area contributed by atoms with Crippen LogP contribution < -0.4 is 4.72 Å². The molecule has 0 saturated heterocycles. The maximum atomic E-state index is 12.7. The second-order valence-corrected chi connectivity index (χ2v) is 7.93. The van der Waals surface area contributed by atoms with E-state index in [9.17, 15) is 26.4 Å². The Balaban J connectivity index is 1.75. The van der Waals surface area contributed by atoms with E-state index in [4.69, 9.17) is 0 Å². The largest absolute Gasteiger partial charge is 0.416 e. The van der Waals surface area contributed by atoms with Crippen molar-refractivity contribution in [3.8, 4) is 0 Å². The van der Waals surface area contributed by atoms with E-state index < -0.39 is 27.7 Å². The first-order chi connectivity index (χ1) is 13.6. The third-order valence-electron chi connectivity index (χ3n) is 4.12. The van der Waals surface area contributed by atoms with Crippen molar-refractivity contribution < 1.29 is 26.4 Å². The Bertz CT molecular complexity index is 1120. The number of hydrogen-bond acceptors (Lipinski definition) is 4. The predicted molar refractivity (Wildman–Crippen MR) is 98.6 cm³/mol. The predicted octanol–water partition coefficient (Wildman–Crippen LogP) is 3.38. The highest BCUT2D eigenvalue weighted by Gasteiger charge is 2.30. The number of nitrogens with zero attached hydrogens (tertiary/aromatic N) is 2. The zero-order valence-electron chi connectivity index (χ0n) is 15.1. The summed E-state index contributed by atoms with van der Waals surface area (Å²) in [5.74, 6) is -0.490. The van der Waals surface area contributed by atoms with E-state index in [1.165, 1.54) is 42.6 Å². The SMILES string of the molecule is Cc1nc(C(=O)NS(=O)(=O)c2ccccc2)cn1Cc1ccc(C(F)(F)F)cc1. The molecule has 29 heavy (non-hydrogen) atoms. The highest BCUT2D eigenvalue weighted by molar-refractivity contribution is 7.90. The van der Waals surface area contributed by atoms with Crippen LogP contribution >= 0.6 is 0 Å². The second kappa shape index (κ2) is 7.70. The van der Waals surface area contributed by atoms with Crippen LogP contribution in [0.15, 0.2) is 65.7 Å². The normalized spacial score (nSPS) is 12.0. The zero-order chi connectivity index (χ0) is 21.2. The van der Waals surface area contributed by atoms with Crippen LogP contribution in [0.1, 0.15) is 27.4 Å². The van der Waals surface area contributed by atoms with Crippen molar-refractivity contribution in [1.29, 1.82) is 0 Å². The van der Waals surface area contributed by atoms with E-state index in [2.05, 4.69) is 4.98 Å². The summed E-state index contributed by atoms with van der Waals surface area (Å²) in [6.07, 6.45) is -3.07. The molecule has 1 heterocycles. The van der Waals surface area contributed by atoms with Gasteiger partial charge in [0.2, 0.25) is 0 Å². The molecule has 1 N–H and O–H groups in total. The molecule has 0 bridgehead atoms. The number of benzene rings is 2. The second-order valence-electron chi connectivity index (χ2n) is 6.24. The first-order valence-corrected chi connectivity index (χ1v) is 9.87. The molecule has 152 valence electrons. The van der Waals surface area contributed by atoms with Crippen LogP contribution in [0.5, 0.6) is 0 Å². The number of amides is 1. The fraction of sp³-hybridized carbons (Fsp3) is 0.158. The number of hydrogen-bond donors (Lipinski definition) is 1. The Kier molecular flexibility index (Phi) is 5.47. The van der Waals surface area contributed by atoms with Gasteiger partial charge in [0.15, 0.2) is 0 Å². The number of nitrogens with one attached hydrogen (secondary N) is 1. The number of aromatic nitrogens is 2. The highest BCUT2D eigenvalue weighted by atomic mass is 32.2. The number of carbonyl (C=O) groups excluding carboxylic acids is 1. The third kappa shape index (κ3) is 4.83. The maximum absolute atomic E-state index is 12.7. The quantitative estimate of drug-likeness (QED) is 0.682. The van der Waals surface area contributed by atoms with Gasteiger partial charge in [0.05, 0.1) is 10.5 Å². The molecule has 3 rings (SSSR count). The minimum atomic E-state index is -4.42. The minimum absolute atomic E-state index is 0.0609. The molecular weight excluding hydrogens is 407 g/mol. The number of carbonyl (C=O) groups is 1. The molecule has 0 radical (unpaired) electrons. The van der Waals surface area contributed by atoms with Crippen LogP contribution in [0.3, 0.4) is 0 Å². The molecule has 0 saturated carbocycles. The van der Waals surface area contributed by atoms with Gasteiger partial charge >= 0.3 is 6.18 Å². The molecule has 0 fully saturated rings. The number of sulfonamides is 1. The van der Waals surface area contributed by atoms with E-state index in [0.717, 1.165) is 12.1 Å². The Morgan fingerprint density at radius 3 is 2.28 bits per heavy atom. The lowest BCUT2D eigenvalue weighted by atomic mass is 10.1. The van der Waals surface area contributed by atoms with E-state index in [1.54, 1.807) is 17.6 Å². The fourth-order valence-corrected chi connectivity index (χ4v) is 3.59. The van der Waals surface area contributed by atoms with Gasteiger partial charge in [0.1, 0.15) is 11.5 Å². The van der Waals surface area contributed by atoms with Crippen molar-refractivity contribution in [3.63, 3.8) is 0 Å². The Labute approximate surface area is 165 Å². The van der Waals surface area contributed by atoms with Gasteiger partial charge in [-0.3, -0.25) is 4.79 Å². The molecule has 1 amide bonds. The summed E-state index contributed by atoms with van der Waals surface area (Å²) in [6, 6.07) is 12.0. The molecule has 1 aromatic heterocycles. The number of aryl methyl sites for hydroxylation is 1. The summed E-state index contributed by atoms with van der Waals surface area (Å²) in [4.78, 5) is 16.3. The van der Waals surface area contributed by atoms with Gasteiger partial charge in [0.25, 0.3) is 15.9 Å². The summed E-state index contributed by atoms with van der Waals surface area (Å²) in [6.45, 7) is 1.78. The molecule has 3 aromatic rings. The lowest BCUT2D eigenvalue weighted by Crippen LogP contribution is -2.30. The van der Waals surface area contributed by atoms with Crippen molar-refractivity contribution in [2.75, 3.05) is 0 Å². The van der Waals surface area contributed by atoms with Crippen LogP contribution in [-0.2, 0) is 22.7 Å². The fourth-order valence-electron chi connectivity index (χ4n) is 2.61. The van der Waals surface area contributed by atoms with Crippen LogP contribution in [0, 0.1) is 6.92 Å². The lowest BCUT2D eigenvalue weighted by molar-refractivity contribution is -0.137. The van der Waals surface area contributed by atoms with E-state index >= 15 is 0 Å². The Morgan fingerprint density at radius 1 is 1.07 bits per heavy atom. The first kappa shape index (κ1) is 20.6. The van der Waals surface area contributed by atoms with Gasteiger partial charge in [-0.1, -0.05) is 30.3 Å². The standard InChI is InChI=1S/C19H16F3N3O3S/c1-13-23-17(18(26)24-29(27,28)16-5-3-2-4-6-16)12-25(13)11-14-7-9-15(10-8-14)19(20,21)22/h2-10,12H,11H2,1H3,(H,24,26). The number of alkyl halides is 3. The summed E-state index contributed by atoms with van der Waals surface area (Å²) in [5.41, 5.74) is -0.300. The molecule has 2 aromatic carbocycles. The Morgan fingerprint density at radius 2 is 1.69 bits per heavy atom. The average Bonchev–Trinajstić information content (AvgIpc) is 3.02. The van der Waals surface area contributed by atoms with Crippen molar-refractivity contribution >= 4 is 15.9 Å². The van der Waals surface area contributed by atoms with Gasteiger partial charge in [0, 0.05) is 12.7 Å². The van der Waals surface area contributed by atoms with Crippen molar-refractivity contribution in [1.82, 2.24) is 14.3 Å². The van der Waals surface area contributed by atoms with Gasteiger partial charge in [-0.2, -0.15) is 13.2 Å². The smallest absolute Gasteiger partial charge is 0.330 e. The van der Waals surface area contributed by atoms with Crippen molar-refractivity contribution in [3.05, 3.63) is 83.4 Å². The van der Waals surface area contributed by atoms with E-state index in [-0.39, 0.29) is 17.1 Å². The van der Waals surface area contributed by atoms with Crippen molar-refractivity contribution in [2.45, 2.75) is 24.5 Å². The zero-order valence-corrected chi connectivity index (χ0v) is 16.0. The number of halogens is 3. The molecule has 0 spiro atoms. The maximum Gasteiger partial charge on any atom is 0.416 e. The van der Waals surface area contributed by atoms with Crippen LogP contribution in [-0.4, -0.2) is 23.9 Å². The monoisotopic (exact) mass is 423 g/mol. The molecular formula is C19H16F3N3O3S. The van der Waals surface area contributed by atoms with E-state index in [0.29, 0.717) is 11.4 Å². The van der Waals surface area contributed by atoms with Crippen LogP contribution in [0.25, 0.3) is 0 Å². The summed E-state index contributed by atoms with van der Waals surface area (Å²) in [7, 11) is -4.04. The average molecular weight is 423 g/mol. The molecule has 0 atom stereocenters. The van der Waals surface area contributed by atoms with Crippen molar-refractivity contribution in [2.24, 2.45) is 0 Å². The van der Waals surface area contributed by atoms with Gasteiger partial charge in [-0.05, 0) is 36.8 Å². The third-order valence-corrected chi connectivity index (χ3v) is 5.47. The molecule has 0 aliphatic heterocycles. The molecule has 0 aliphatic carbocycles. The first-order valence-electron chi connectivity index (χ1n) is 8.38. The van der Waals surface area contributed by atoms with Crippen LogP contribution in [0.4, 0.5) is 13.2 Å². The minimum Gasteiger partial charge on any atom is -0.330 e. The van der Waals surface area contributed by atoms with Crippen LogP contribution in [0.2, 0.25) is 0 Å². The number of rotatable bonds is 5. The summed E-state index contributed by atoms with van der Waals surface area (Å²) >= 11 is 0. The Hall–Kier alpha value is -3.14. The molecule has 0 aliphatic rings. The number of imidazole rings is 1. The van der Waals surface area contributed by atoms with E-state index in [1.807, 2.05) is 4.72 Å². The molecule has 6 nitrogen and oxygen atoms in total.